The molecule has 3 aromatic carbocycles. The van der Waals surface area contributed by atoms with Gasteiger partial charge in [0, 0.05) is 0 Å². The number of fused-ring (bicyclic) bond motifs is 3. The van der Waals surface area contributed by atoms with Crippen molar-refractivity contribution in [1.82, 2.24) is 9.38 Å². The molecule has 160 valence electrons. The van der Waals surface area contributed by atoms with Crippen molar-refractivity contribution in [1.29, 1.82) is 0 Å². The fourth-order valence-corrected chi connectivity index (χ4v) is 5.13. The lowest BCUT2D eigenvalue weighted by molar-refractivity contribution is 0.282. The fraction of sp³-hybridized carbons (Fsp3) is 0.120. The number of imidazole rings is 1. The van der Waals surface area contributed by atoms with Crippen molar-refractivity contribution in [2.24, 2.45) is 0 Å². The number of ether oxygens (including phenoxy) is 2. The van der Waals surface area contributed by atoms with Gasteiger partial charge < -0.3 is 9.47 Å². The molecule has 0 unspecified atom stereocenters. The Kier molecular flexibility index (Phi) is 5.45. The number of methoxy groups -OCH3 is 1. The van der Waals surface area contributed by atoms with Crippen LogP contribution in [0.4, 0.5) is 0 Å². The first kappa shape index (κ1) is 20.7. The van der Waals surface area contributed by atoms with Crippen LogP contribution in [0.2, 0.25) is 0 Å². The van der Waals surface area contributed by atoms with Crippen LogP contribution in [0.25, 0.3) is 22.1 Å². The lowest BCUT2D eigenvalue weighted by atomic mass is 10.1. The monoisotopic (exact) mass is 506 g/mol. The molecule has 0 atom stereocenters. The maximum absolute atomic E-state index is 13.0. The second kappa shape index (κ2) is 8.41. The predicted molar refractivity (Wildman–Crippen MR) is 132 cm³/mol. The van der Waals surface area contributed by atoms with E-state index < -0.39 is 0 Å². The molecule has 0 saturated heterocycles. The minimum Gasteiger partial charge on any atom is -0.493 e. The molecule has 5 nitrogen and oxygen atoms in total. The summed E-state index contributed by atoms with van der Waals surface area (Å²) >= 11 is 4.97. The molecule has 0 radical (unpaired) electrons. The number of rotatable bonds is 5. The molecule has 0 fully saturated rings. The molecule has 0 aliphatic carbocycles. The average Bonchev–Trinajstić information content (AvgIpc) is 3.30. The molecule has 0 spiro atoms. The fourth-order valence-electron chi connectivity index (χ4n) is 3.57. The maximum atomic E-state index is 13.0. The molecule has 0 aliphatic heterocycles. The van der Waals surface area contributed by atoms with Gasteiger partial charge >= 0.3 is 0 Å². The highest BCUT2D eigenvalue weighted by atomic mass is 79.9. The Bertz CT molecular complexity index is 1550. The van der Waals surface area contributed by atoms with E-state index in [1.165, 1.54) is 16.9 Å². The van der Waals surface area contributed by atoms with Crippen molar-refractivity contribution < 1.29 is 9.47 Å². The summed E-state index contributed by atoms with van der Waals surface area (Å²) in [5, 5.41) is 0. The average molecular weight is 507 g/mol. The van der Waals surface area contributed by atoms with Crippen LogP contribution < -0.4 is 19.6 Å². The molecular weight excluding hydrogens is 488 g/mol. The van der Waals surface area contributed by atoms with Crippen LogP contribution in [0, 0.1) is 6.92 Å². The van der Waals surface area contributed by atoms with Crippen LogP contribution in [-0.2, 0) is 6.61 Å². The van der Waals surface area contributed by atoms with Gasteiger partial charge in [0.1, 0.15) is 6.61 Å². The van der Waals surface area contributed by atoms with Crippen molar-refractivity contribution in [3.05, 3.63) is 96.7 Å². The van der Waals surface area contributed by atoms with Crippen molar-refractivity contribution in [2.75, 3.05) is 7.11 Å². The van der Waals surface area contributed by atoms with E-state index >= 15 is 0 Å². The topological polar surface area (TPSA) is 52.8 Å². The molecule has 5 aromatic rings. The standard InChI is InChI=1S/C25H19BrN2O3S/c1-15-7-9-16(10-8-15)14-31-23-18(26)11-17(12-21(23)30-2)13-22-24(29)28-20-6-4-3-5-19(20)27-25(28)32-22/h3-13H,14H2,1-2H3. The molecule has 2 aromatic heterocycles. The summed E-state index contributed by atoms with van der Waals surface area (Å²) in [6.45, 7) is 2.48. The van der Waals surface area contributed by atoms with E-state index in [0.717, 1.165) is 26.6 Å². The Balaban J connectivity index is 1.51. The van der Waals surface area contributed by atoms with Crippen LogP contribution in [0.15, 0.2) is 69.9 Å². The lowest BCUT2D eigenvalue weighted by Gasteiger charge is -2.13. The van der Waals surface area contributed by atoms with Crippen LogP contribution >= 0.6 is 27.3 Å². The largest absolute Gasteiger partial charge is 0.493 e. The van der Waals surface area contributed by atoms with Gasteiger partial charge in [0.25, 0.3) is 5.56 Å². The first-order valence-corrected chi connectivity index (χ1v) is 11.6. The maximum Gasteiger partial charge on any atom is 0.274 e. The molecule has 0 bridgehead atoms. The lowest BCUT2D eigenvalue weighted by Crippen LogP contribution is -2.22. The van der Waals surface area contributed by atoms with E-state index in [4.69, 9.17) is 9.47 Å². The highest BCUT2D eigenvalue weighted by Gasteiger charge is 2.14. The zero-order chi connectivity index (χ0) is 22.2. The second-order valence-electron chi connectivity index (χ2n) is 7.44. The van der Waals surface area contributed by atoms with Gasteiger partial charge in [-0.1, -0.05) is 53.3 Å². The molecule has 0 amide bonds. The molecule has 0 aliphatic rings. The van der Waals surface area contributed by atoms with Crippen LogP contribution in [0.3, 0.4) is 0 Å². The third kappa shape index (κ3) is 3.78. The summed E-state index contributed by atoms with van der Waals surface area (Å²) in [6.07, 6.45) is 1.85. The smallest absolute Gasteiger partial charge is 0.274 e. The minimum absolute atomic E-state index is 0.0755. The molecule has 2 heterocycles. The highest BCUT2D eigenvalue weighted by molar-refractivity contribution is 9.10. The van der Waals surface area contributed by atoms with Gasteiger partial charge in [-0.25, -0.2) is 9.38 Å². The van der Waals surface area contributed by atoms with E-state index in [1.807, 2.05) is 54.6 Å². The number of benzene rings is 3. The van der Waals surface area contributed by atoms with Gasteiger partial charge in [0.15, 0.2) is 16.5 Å². The number of halogens is 1. The van der Waals surface area contributed by atoms with Gasteiger partial charge in [0.05, 0.1) is 27.1 Å². The summed E-state index contributed by atoms with van der Waals surface area (Å²) in [5.41, 5.74) is 4.68. The van der Waals surface area contributed by atoms with Gasteiger partial charge in [-0.05, 0) is 64.3 Å². The first-order valence-electron chi connectivity index (χ1n) is 10.0. The van der Waals surface area contributed by atoms with Gasteiger partial charge in [0.2, 0.25) is 0 Å². The van der Waals surface area contributed by atoms with Crippen LogP contribution in [0.5, 0.6) is 11.5 Å². The normalized spacial score (nSPS) is 12.0. The molecule has 32 heavy (non-hydrogen) atoms. The van der Waals surface area contributed by atoms with Crippen molar-refractivity contribution in [2.45, 2.75) is 13.5 Å². The van der Waals surface area contributed by atoms with E-state index in [-0.39, 0.29) is 5.56 Å². The molecule has 0 N–H and O–H groups in total. The highest BCUT2D eigenvalue weighted by Crippen LogP contribution is 2.37. The minimum atomic E-state index is -0.0755. The third-order valence-corrected chi connectivity index (χ3v) is 6.76. The number of hydrogen-bond donors (Lipinski definition) is 0. The Morgan fingerprint density at radius 1 is 1.12 bits per heavy atom. The SMILES string of the molecule is COc1cc(C=c2sc3nc4ccccc4n3c2=O)cc(Br)c1OCc1ccc(C)cc1. The Morgan fingerprint density at radius 3 is 2.69 bits per heavy atom. The van der Waals surface area contributed by atoms with Gasteiger partial charge in [-0.2, -0.15) is 0 Å². The zero-order valence-corrected chi connectivity index (χ0v) is 19.9. The molecule has 5 rings (SSSR count). The molecular formula is C25H19BrN2O3S. The Morgan fingerprint density at radius 2 is 1.91 bits per heavy atom. The van der Waals surface area contributed by atoms with E-state index in [0.29, 0.717) is 27.6 Å². The summed E-state index contributed by atoms with van der Waals surface area (Å²) in [6, 6.07) is 19.7. The summed E-state index contributed by atoms with van der Waals surface area (Å²) < 4.78 is 14.6. The van der Waals surface area contributed by atoms with Crippen molar-refractivity contribution >= 4 is 49.3 Å². The molecule has 7 heteroatoms. The van der Waals surface area contributed by atoms with Crippen LogP contribution in [0.1, 0.15) is 16.7 Å². The third-order valence-electron chi connectivity index (χ3n) is 5.20. The summed E-state index contributed by atoms with van der Waals surface area (Å²) in [5.74, 6) is 1.22. The Hall–Kier alpha value is -3.16. The van der Waals surface area contributed by atoms with Gasteiger partial charge in [-0.15, -0.1) is 0 Å². The van der Waals surface area contributed by atoms with Gasteiger partial charge in [-0.3, -0.25) is 4.79 Å². The number of hydrogen-bond acceptors (Lipinski definition) is 5. The number of thiazole rings is 1. The number of para-hydroxylation sites is 2. The first-order chi connectivity index (χ1) is 15.5. The van der Waals surface area contributed by atoms with E-state index in [2.05, 4.69) is 40.0 Å². The summed E-state index contributed by atoms with van der Waals surface area (Å²) in [4.78, 5) is 18.3. The zero-order valence-electron chi connectivity index (χ0n) is 17.5. The van der Waals surface area contributed by atoms with Crippen molar-refractivity contribution in [3.63, 3.8) is 0 Å². The molecule has 0 saturated carbocycles. The van der Waals surface area contributed by atoms with Crippen LogP contribution in [-0.4, -0.2) is 16.5 Å². The van der Waals surface area contributed by atoms with E-state index in [1.54, 1.807) is 11.5 Å². The number of aromatic nitrogens is 2. The Labute approximate surface area is 196 Å². The van der Waals surface area contributed by atoms with Crippen molar-refractivity contribution in [3.8, 4) is 11.5 Å². The second-order valence-corrected chi connectivity index (χ2v) is 9.31. The quantitative estimate of drug-likeness (QED) is 0.332. The predicted octanol–water partition coefficient (Wildman–Crippen LogP) is 5.12. The summed E-state index contributed by atoms with van der Waals surface area (Å²) in [7, 11) is 1.61. The van der Waals surface area contributed by atoms with E-state index in [9.17, 15) is 4.79 Å². The number of aryl methyl sites for hydroxylation is 1. The number of nitrogens with zero attached hydrogens (tertiary/aromatic N) is 2.